The third-order valence-corrected chi connectivity index (χ3v) is 7.36. The molecule has 5 nitrogen and oxygen atoms in total. The van der Waals surface area contributed by atoms with E-state index in [1.165, 1.54) is 11.6 Å². The number of rotatable bonds is 6. The summed E-state index contributed by atoms with van der Waals surface area (Å²) in [7, 11) is 1.56. The number of hydrogen-bond acceptors (Lipinski definition) is 4. The maximum Gasteiger partial charge on any atom is 0.416 e. The molecule has 0 unspecified atom stereocenters. The summed E-state index contributed by atoms with van der Waals surface area (Å²) >= 11 is 0. The van der Waals surface area contributed by atoms with E-state index in [4.69, 9.17) is 4.74 Å². The Labute approximate surface area is 214 Å². The van der Waals surface area contributed by atoms with Crippen molar-refractivity contribution in [2.45, 2.75) is 25.1 Å². The van der Waals surface area contributed by atoms with Crippen molar-refractivity contribution in [1.82, 2.24) is 4.90 Å². The fraction of sp³-hybridized carbons (Fsp3) is 0.345. The predicted molar refractivity (Wildman–Crippen MR) is 138 cm³/mol. The number of piperazine rings is 1. The van der Waals surface area contributed by atoms with E-state index in [1.54, 1.807) is 37.4 Å². The standard InChI is InChI=1S/C29H30F3N3O2/c1-37-24-9-5-8-23(18-24)33-28(36)25-17-21-16-22(29(30,31)32)10-11-26(21)35-15-14-34(19-27(25)35)13-12-20-6-3-2-4-7-20/h2-11,16,18,25,27H,12-15,17,19H2,1H3,(H,33,36)/t25-,27+/m1/s1. The van der Waals surface area contributed by atoms with E-state index in [-0.39, 0.29) is 18.4 Å². The minimum Gasteiger partial charge on any atom is -0.497 e. The maximum atomic E-state index is 13.6. The fourth-order valence-electron chi connectivity index (χ4n) is 5.43. The third kappa shape index (κ3) is 5.59. The number of benzene rings is 3. The molecule has 1 fully saturated rings. The number of carbonyl (C=O) groups is 1. The lowest BCUT2D eigenvalue weighted by molar-refractivity contribution is -0.137. The van der Waals surface area contributed by atoms with Crippen molar-refractivity contribution < 1.29 is 22.7 Å². The molecule has 0 saturated carbocycles. The molecule has 3 aromatic carbocycles. The zero-order valence-electron chi connectivity index (χ0n) is 20.7. The van der Waals surface area contributed by atoms with Crippen LogP contribution in [0.15, 0.2) is 72.8 Å². The number of nitrogens with zero attached hydrogens (tertiary/aromatic N) is 2. The highest BCUT2D eigenvalue weighted by Crippen LogP contribution is 2.40. The molecule has 8 heteroatoms. The number of fused-ring (bicyclic) bond motifs is 3. The highest BCUT2D eigenvalue weighted by Gasteiger charge is 2.42. The molecule has 37 heavy (non-hydrogen) atoms. The van der Waals surface area contributed by atoms with Crippen molar-refractivity contribution >= 4 is 17.3 Å². The molecule has 1 saturated heterocycles. The normalized spacial score (nSPS) is 19.6. The van der Waals surface area contributed by atoms with Gasteiger partial charge in [-0.15, -0.1) is 0 Å². The molecule has 0 aromatic heterocycles. The van der Waals surface area contributed by atoms with E-state index in [0.717, 1.165) is 31.3 Å². The minimum absolute atomic E-state index is 0.139. The van der Waals surface area contributed by atoms with E-state index >= 15 is 0 Å². The average Bonchev–Trinajstić information content (AvgIpc) is 2.91. The van der Waals surface area contributed by atoms with Crippen LogP contribution >= 0.6 is 0 Å². The third-order valence-electron chi connectivity index (χ3n) is 7.36. The molecule has 194 valence electrons. The number of anilines is 2. The number of nitrogens with one attached hydrogen (secondary N) is 1. The molecule has 1 amide bonds. The Morgan fingerprint density at radius 3 is 2.59 bits per heavy atom. The highest BCUT2D eigenvalue weighted by molar-refractivity contribution is 5.94. The molecule has 1 N–H and O–H groups in total. The Bertz CT molecular complexity index is 1250. The van der Waals surface area contributed by atoms with Crippen molar-refractivity contribution in [3.63, 3.8) is 0 Å². The summed E-state index contributed by atoms with van der Waals surface area (Å²) in [4.78, 5) is 18.1. The Balaban J connectivity index is 1.40. The second-order valence-corrected chi connectivity index (χ2v) is 9.67. The molecule has 0 radical (unpaired) electrons. The molecule has 0 spiro atoms. The lowest BCUT2D eigenvalue weighted by Gasteiger charge is -2.49. The van der Waals surface area contributed by atoms with Gasteiger partial charge in [-0.3, -0.25) is 9.69 Å². The number of hydrogen-bond donors (Lipinski definition) is 1. The van der Waals surface area contributed by atoms with Gasteiger partial charge < -0.3 is 15.0 Å². The lowest BCUT2D eigenvalue weighted by atomic mass is 9.82. The Kier molecular flexibility index (Phi) is 7.11. The summed E-state index contributed by atoms with van der Waals surface area (Å²) in [5.41, 5.74) is 2.53. The number of amides is 1. The first kappa shape index (κ1) is 25.1. The van der Waals surface area contributed by atoms with Crippen LogP contribution in [0.2, 0.25) is 0 Å². The SMILES string of the molecule is COc1cccc(NC(=O)[C@@H]2Cc3cc(C(F)(F)F)ccc3N3CCN(CCc4ccccc4)C[C@@H]23)c1. The molecular weight excluding hydrogens is 479 g/mol. The average molecular weight is 510 g/mol. The van der Waals surface area contributed by atoms with Gasteiger partial charge in [-0.25, -0.2) is 0 Å². The zero-order chi connectivity index (χ0) is 26.0. The van der Waals surface area contributed by atoms with Gasteiger partial charge in [0.05, 0.1) is 24.6 Å². The van der Waals surface area contributed by atoms with Crippen LogP contribution in [0.1, 0.15) is 16.7 Å². The van der Waals surface area contributed by atoms with Crippen LogP contribution in [0, 0.1) is 5.92 Å². The quantitative estimate of drug-likeness (QED) is 0.493. The molecule has 2 atom stereocenters. The monoisotopic (exact) mass is 509 g/mol. The minimum atomic E-state index is -4.43. The van der Waals surface area contributed by atoms with Gasteiger partial charge in [0.1, 0.15) is 5.75 Å². The summed E-state index contributed by atoms with van der Waals surface area (Å²) < 4.78 is 45.7. The molecule has 3 aromatic rings. The van der Waals surface area contributed by atoms with Crippen molar-refractivity contribution in [2.24, 2.45) is 5.92 Å². The fourth-order valence-corrected chi connectivity index (χ4v) is 5.43. The summed E-state index contributed by atoms with van der Waals surface area (Å²) in [6.45, 7) is 2.97. The van der Waals surface area contributed by atoms with Crippen LogP contribution in [0.4, 0.5) is 24.5 Å². The molecule has 2 aliphatic rings. The topological polar surface area (TPSA) is 44.8 Å². The van der Waals surface area contributed by atoms with E-state index in [2.05, 4.69) is 27.2 Å². The molecule has 2 heterocycles. The van der Waals surface area contributed by atoms with Gasteiger partial charge >= 0.3 is 6.18 Å². The largest absolute Gasteiger partial charge is 0.497 e. The van der Waals surface area contributed by atoms with Crippen molar-refractivity contribution in [2.75, 3.05) is 43.5 Å². The first-order valence-electron chi connectivity index (χ1n) is 12.5. The lowest BCUT2D eigenvalue weighted by Crippen LogP contribution is -2.60. The molecule has 0 bridgehead atoms. The van der Waals surface area contributed by atoms with Crippen LogP contribution in [-0.2, 0) is 23.8 Å². The van der Waals surface area contributed by atoms with E-state index in [9.17, 15) is 18.0 Å². The zero-order valence-corrected chi connectivity index (χ0v) is 20.7. The Hall–Kier alpha value is -3.52. The van der Waals surface area contributed by atoms with E-state index < -0.39 is 17.7 Å². The maximum absolute atomic E-state index is 13.6. The van der Waals surface area contributed by atoms with E-state index in [1.807, 2.05) is 18.2 Å². The van der Waals surface area contributed by atoms with E-state index in [0.29, 0.717) is 30.1 Å². The summed E-state index contributed by atoms with van der Waals surface area (Å²) in [5.74, 6) is -0.0778. The number of ether oxygens (including phenoxy) is 1. The molecule has 2 aliphatic heterocycles. The van der Waals surface area contributed by atoms with Gasteiger partial charge in [-0.2, -0.15) is 13.2 Å². The number of methoxy groups -OCH3 is 1. The van der Waals surface area contributed by atoms with Gasteiger partial charge in [-0.05, 0) is 54.3 Å². The van der Waals surface area contributed by atoms with Crippen LogP contribution in [0.3, 0.4) is 0 Å². The molecule has 0 aliphatic carbocycles. The Morgan fingerprint density at radius 1 is 1.03 bits per heavy atom. The van der Waals surface area contributed by atoms with Crippen molar-refractivity contribution in [1.29, 1.82) is 0 Å². The number of carbonyl (C=O) groups excluding carboxylic acids is 1. The number of halogens is 3. The van der Waals surface area contributed by atoms with Gasteiger partial charge in [0, 0.05) is 43.6 Å². The van der Waals surface area contributed by atoms with Crippen LogP contribution in [0.25, 0.3) is 0 Å². The van der Waals surface area contributed by atoms with Gasteiger partial charge in [0.2, 0.25) is 5.91 Å². The molecule has 5 rings (SSSR count). The molecular formula is C29H30F3N3O2. The summed E-state index contributed by atoms with van der Waals surface area (Å²) in [5, 5.41) is 2.98. The van der Waals surface area contributed by atoms with Gasteiger partial charge in [-0.1, -0.05) is 36.4 Å². The first-order valence-corrected chi connectivity index (χ1v) is 12.5. The summed E-state index contributed by atoms with van der Waals surface area (Å²) in [6.07, 6.45) is -3.27. The van der Waals surface area contributed by atoms with Crippen molar-refractivity contribution in [3.05, 3.63) is 89.5 Å². The summed E-state index contributed by atoms with van der Waals surface area (Å²) in [6, 6.07) is 21.2. The van der Waals surface area contributed by atoms with Gasteiger partial charge in [0.15, 0.2) is 0 Å². The highest BCUT2D eigenvalue weighted by atomic mass is 19.4. The first-order chi connectivity index (χ1) is 17.8. The second kappa shape index (κ2) is 10.5. The van der Waals surface area contributed by atoms with Crippen LogP contribution < -0.4 is 15.0 Å². The van der Waals surface area contributed by atoms with Crippen LogP contribution in [-0.4, -0.2) is 50.1 Å². The smallest absolute Gasteiger partial charge is 0.416 e. The number of alkyl halides is 3. The second-order valence-electron chi connectivity index (χ2n) is 9.67. The van der Waals surface area contributed by atoms with Gasteiger partial charge in [0.25, 0.3) is 0 Å². The predicted octanol–water partition coefficient (Wildman–Crippen LogP) is 5.26. The van der Waals surface area contributed by atoms with Crippen molar-refractivity contribution in [3.8, 4) is 5.75 Å². The Morgan fingerprint density at radius 2 is 1.84 bits per heavy atom. The van der Waals surface area contributed by atoms with Crippen LogP contribution in [0.5, 0.6) is 5.75 Å².